The monoisotopic (exact) mass is 420 g/mol. The summed E-state index contributed by atoms with van der Waals surface area (Å²) in [6, 6.07) is 4.70. The quantitative estimate of drug-likeness (QED) is 0.557. The molecule has 1 aliphatic rings. The van der Waals surface area contributed by atoms with Gasteiger partial charge in [-0.1, -0.05) is 11.6 Å². The van der Waals surface area contributed by atoms with Gasteiger partial charge in [0, 0.05) is 11.1 Å². The van der Waals surface area contributed by atoms with Crippen molar-refractivity contribution in [3.63, 3.8) is 0 Å². The van der Waals surface area contributed by atoms with Crippen LogP contribution in [-0.2, 0) is 24.3 Å². The highest BCUT2D eigenvalue weighted by atomic mass is 35.5. The third kappa shape index (κ3) is 6.79. The highest BCUT2D eigenvalue weighted by molar-refractivity contribution is 7.98. The highest BCUT2D eigenvalue weighted by Gasteiger charge is 2.28. The normalized spacial score (nSPS) is 15.3. The van der Waals surface area contributed by atoms with Gasteiger partial charge in [0.1, 0.15) is 6.04 Å². The van der Waals surface area contributed by atoms with Crippen molar-refractivity contribution < 1.29 is 22.7 Å². The zero-order valence-corrected chi connectivity index (χ0v) is 16.6. The van der Waals surface area contributed by atoms with E-state index >= 15 is 0 Å². The van der Waals surface area contributed by atoms with Crippen molar-refractivity contribution >= 4 is 45.3 Å². The molecule has 1 saturated carbocycles. The van der Waals surface area contributed by atoms with E-state index in [0.717, 1.165) is 12.8 Å². The minimum absolute atomic E-state index is 0.00433. The summed E-state index contributed by atoms with van der Waals surface area (Å²) >= 11 is 7.24. The summed E-state index contributed by atoms with van der Waals surface area (Å²) in [5.74, 6) is -0.607. The first-order valence-corrected chi connectivity index (χ1v) is 11.3. The highest BCUT2D eigenvalue weighted by Crippen LogP contribution is 2.18. The molecule has 7 nitrogen and oxygen atoms in total. The number of ether oxygens (including phenoxy) is 1. The van der Waals surface area contributed by atoms with Crippen molar-refractivity contribution in [1.29, 1.82) is 0 Å². The summed E-state index contributed by atoms with van der Waals surface area (Å²) in [7, 11) is -3.92. The zero-order valence-electron chi connectivity index (χ0n) is 14.2. The summed E-state index contributed by atoms with van der Waals surface area (Å²) in [6.45, 7) is -0.423. The van der Waals surface area contributed by atoms with E-state index in [1.165, 1.54) is 36.0 Å². The molecule has 1 aromatic rings. The fourth-order valence-electron chi connectivity index (χ4n) is 2.06. The van der Waals surface area contributed by atoms with Crippen molar-refractivity contribution in [2.75, 3.05) is 18.6 Å². The third-order valence-electron chi connectivity index (χ3n) is 3.60. The number of esters is 1. The molecule has 0 unspecified atom stereocenters. The second-order valence-corrected chi connectivity index (χ2v) is 8.99. The predicted molar refractivity (Wildman–Crippen MR) is 101 cm³/mol. The Morgan fingerprint density at radius 3 is 2.54 bits per heavy atom. The lowest BCUT2D eigenvalue weighted by Gasteiger charge is -2.17. The largest absolute Gasteiger partial charge is 0.454 e. The lowest BCUT2D eigenvalue weighted by atomic mass is 10.2. The number of hydrogen-bond acceptors (Lipinski definition) is 6. The van der Waals surface area contributed by atoms with Crippen LogP contribution in [0.2, 0.25) is 5.02 Å². The molecular formula is C16H21ClN2O5S2. The third-order valence-corrected chi connectivity index (χ3v) is 5.99. The fourth-order valence-corrected chi connectivity index (χ4v) is 3.88. The Morgan fingerprint density at radius 1 is 1.31 bits per heavy atom. The molecule has 26 heavy (non-hydrogen) atoms. The number of rotatable bonds is 10. The Hall–Kier alpha value is -1.29. The van der Waals surface area contributed by atoms with Crippen LogP contribution in [0.4, 0.5) is 0 Å². The first-order valence-electron chi connectivity index (χ1n) is 8.04. The van der Waals surface area contributed by atoms with E-state index in [1.54, 1.807) is 0 Å². The minimum atomic E-state index is -3.92. The smallest absolute Gasteiger partial charge is 0.324 e. The minimum Gasteiger partial charge on any atom is -0.454 e. The maximum absolute atomic E-state index is 12.5. The number of nitrogens with one attached hydrogen (secondary N) is 2. The fraction of sp³-hybridized carbons (Fsp3) is 0.500. The average Bonchev–Trinajstić information content (AvgIpc) is 3.40. The van der Waals surface area contributed by atoms with Crippen molar-refractivity contribution in [2.24, 2.45) is 0 Å². The molecule has 1 amide bonds. The number of benzene rings is 1. The van der Waals surface area contributed by atoms with Gasteiger partial charge in [-0.25, -0.2) is 8.42 Å². The van der Waals surface area contributed by atoms with Crippen LogP contribution in [0.25, 0.3) is 0 Å². The van der Waals surface area contributed by atoms with E-state index in [2.05, 4.69) is 10.0 Å². The van der Waals surface area contributed by atoms with Crippen molar-refractivity contribution in [3.05, 3.63) is 29.3 Å². The molecule has 0 aliphatic heterocycles. The SMILES string of the molecule is CSCC[C@H](NS(=O)(=O)c1ccc(Cl)cc1)C(=O)OCC(=O)NC1CC1. The van der Waals surface area contributed by atoms with Crippen LogP contribution >= 0.6 is 23.4 Å². The maximum atomic E-state index is 12.5. The molecule has 0 spiro atoms. The Labute approximate surface area is 162 Å². The molecule has 0 bridgehead atoms. The Kier molecular flexibility index (Phi) is 7.75. The molecule has 0 heterocycles. The molecule has 10 heteroatoms. The summed E-state index contributed by atoms with van der Waals surface area (Å²) in [4.78, 5) is 23.9. The second-order valence-electron chi connectivity index (χ2n) is 5.86. The van der Waals surface area contributed by atoms with Crippen LogP contribution in [0.15, 0.2) is 29.2 Å². The van der Waals surface area contributed by atoms with Gasteiger partial charge in [0.2, 0.25) is 10.0 Å². The van der Waals surface area contributed by atoms with E-state index < -0.39 is 28.6 Å². The van der Waals surface area contributed by atoms with Crippen LogP contribution in [0.5, 0.6) is 0 Å². The van der Waals surface area contributed by atoms with Gasteiger partial charge < -0.3 is 10.1 Å². The van der Waals surface area contributed by atoms with Gasteiger partial charge >= 0.3 is 5.97 Å². The first-order chi connectivity index (χ1) is 12.3. The number of carbonyl (C=O) groups is 2. The van der Waals surface area contributed by atoms with Crippen molar-refractivity contribution in [2.45, 2.75) is 36.2 Å². The molecule has 1 fully saturated rings. The molecule has 1 aliphatic carbocycles. The van der Waals surface area contributed by atoms with E-state index in [0.29, 0.717) is 10.8 Å². The maximum Gasteiger partial charge on any atom is 0.324 e. The number of thioether (sulfide) groups is 1. The summed E-state index contributed by atoms with van der Waals surface area (Å²) in [6.07, 6.45) is 3.95. The summed E-state index contributed by atoms with van der Waals surface area (Å²) in [5.41, 5.74) is 0. The van der Waals surface area contributed by atoms with E-state index in [1.807, 2.05) is 6.26 Å². The van der Waals surface area contributed by atoms with Gasteiger partial charge in [0.15, 0.2) is 6.61 Å². The Balaban J connectivity index is 1.98. The number of carbonyl (C=O) groups excluding carboxylic acids is 2. The van der Waals surface area contributed by atoms with Crippen LogP contribution in [0.1, 0.15) is 19.3 Å². The molecule has 0 saturated heterocycles. The lowest BCUT2D eigenvalue weighted by Crippen LogP contribution is -2.43. The van der Waals surface area contributed by atoms with Crippen LogP contribution in [0, 0.1) is 0 Å². The van der Waals surface area contributed by atoms with Crippen molar-refractivity contribution in [1.82, 2.24) is 10.0 Å². The summed E-state index contributed by atoms with van der Waals surface area (Å²) < 4.78 is 32.3. The topological polar surface area (TPSA) is 102 Å². The van der Waals surface area contributed by atoms with Gasteiger partial charge in [-0.2, -0.15) is 16.5 Å². The number of hydrogen-bond donors (Lipinski definition) is 2. The van der Waals surface area contributed by atoms with E-state index in [4.69, 9.17) is 16.3 Å². The Bertz CT molecular complexity index is 736. The second kappa shape index (κ2) is 9.59. The molecule has 1 aromatic carbocycles. The predicted octanol–water partition coefficient (Wildman–Crippen LogP) is 1.56. The lowest BCUT2D eigenvalue weighted by molar-refractivity contribution is -0.150. The van der Waals surface area contributed by atoms with Gasteiger partial charge in [-0.15, -0.1) is 0 Å². The van der Waals surface area contributed by atoms with E-state index in [9.17, 15) is 18.0 Å². The molecule has 2 rings (SSSR count). The van der Waals surface area contributed by atoms with Gasteiger partial charge in [0.25, 0.3) is 5.91 Å². The van der Waals surface area contributed by atoms with Gasteiger partial charge in [-0.05, 0) is 55.5 Å². The molecule has 0 radical (unpaired) electrons. The van der Waals surface area contributed by atoms with Crippen LogP contribution in [-0.4, -0.2) is 51.0 Å². The molecular weight excluding hydrogens is 400 g/mol. The molecule has 144 valence electrons. The van der Waals surface area contributed by atoms with Crippen LogP contribution < -0.4 is 10.0 Å². The number of sulfonamides is 1. The average molecular weight is 421 g/mol. The number of halogens is 1. The standard InChI is InChI=1S/C16H21ClN2O5S2/c1-25-9-8-14(16(21)24-10-15(20)18-12-4-5-12)19-26(22,23)13-6-2-11(17)3-7-13/h2-3,6-7,12,14,19H,4-5,8-10H2,1H3,(H,18,20)/t14-/m0/s1. The van der Waals surface area contributed by atoms with Gasteiger partial charge in [0.05, 0.1) is 4.90 Å². The Morgan fingerprint density at radius 2 is 1.96 bits per heavy atom. The van der Waals surface area contributed by atoms with Crippen molar-refractivity contribution in [3.8, 4) is 0 Å². The molecule has 0 aromatic heterocycles. The molecule has 2 N–H and O–H groups in total. The first kappa shape index (κ1) is 21.0. The van der Waals surface area contributed by atoms with Crippen LogP contribution in [0.3, 0.4) is 0 Å². The zero-order chi connectivity index (χ0) is 19.2. The number of amides is 1. The van der Waals surface area contributed by atoms with E-state index in [-0.39, 0.29) is 23.3 Å². The molecule has 1 atom stereocenters. The summed E-state index contributed by atoms with van der Waals surface area (Å²) in [5, 5.41) is 3.11. The van der Waals surface area contributed by atoms with Gasteiger partial charge in [-0.3, -0.25) is 9.59 Å².